The molecule has 0 aliphatic rings. The molecule has 0 spiro atoms. The Kier molecular flexibility index (Phi) is 8.68. The van der Waals surface area contributed by atoms with Crippen LogP contribution >= 0.6 is 0 Å². The van der Waals surface area contributed by atoms with E-state index in [4.69, 9.17) is 19.7 Å². The van der Waals surface area contributed by atoms with Gasteiger partial charge in [0, 0.05) is 0 Å². The lowest BCUT2D eigenvalue weighted by molar-refractivity contribution is -0.873. The molecule has 0 aromatic carbocycles. The summed E-state index contributed by atoms with van der Waals surface area (Å²) in [6, 6.07) is 0. The molecule has 0 saturated heterocycles. The van der Waals surface area contributed by atoms with Gasteiger partial charge in [-0.2, -0.15) is 0 Å². The molecule has 0 amide bonds. The van der Waals surface area contributed by atoms with E-state index in [1.165, 1.54) is 0 Å². The normalized spacial score (nSPS) is 14.2. The zero-order valence-corrected chi connectivity index (χ0v) is 16.2. The number of ether oxygens (including phenoxy) is 2. The molecule has 0 aromatic heterocycles. The lowest BCUT2D eigenvalue weighted by Crippen LogP contribution is -2.46. The van der Waals surface area contributed by atoms with Gasteiger partial charge in [-0.05, 0) is 0 Å². The van der Waals surface area contributed by atoms with Gasteiger partial charge >= 0.3 is 23.9 Å². The number of carbonyl (C=O) groups excluding carboxylic acids is 2. The number of aliphatic carboxylic acids is 2. The highest BCUT2D eigenvalue weighted by atomic mass is 16.6. The SMILES string of the molecule is C[N+](C)(C)C[C@@H](CC(=O)O)OC(=O)C(=O)O[C@H](CC(=O)O)C[N+](C)(C)C. The maximum absolute atomic E-state index is 12.0. The Balaban J connectivity index is 4.98. The molecular weight excluding hydrogens is 348 g/mol. The minimum atomic E-state index is -1.33. The first kappa shape index (κ1) is 23.8. The molecule has 0 bridgehead atoms. The third-order valence-electron chi connectivity index (χ3n) is 3.02. The number of carboxylic acid groups (broad SMARTS) is 2. The van der Waals surface area contributed by atoms with E-state index in [2.05, 4.69) is 0 Å². The van der Waals surface area contributed by atoms with Crippen molar-refractivity contribution in [1.82, 2.24) is 0 Å². The molecule has 0 radical (unpaired) electrons. The largest absolute Gasteiger partial charge is 0.481 e. The molecule has 0 aliphatic carbocycles. The fourth-order valence-electron chi connectivity index (χ4n) is 2.30. The molecule has 0 rings (SSSR count). The monoisotopic (exact) mass is 378 g/mol. The number of hydrogen-bond donors (Lipinski definition) is 2. The molecule has 150 valence electrons. The van der Waals surface area contributed by atoms with Crippen LogP contribution in [0.1, 0.15) is 12.8 Å². The number of carboxylic acids is 2. The van der Waals surface area contributed by atoms with Gasteiger partial charge in [0.05, 0.1) is 55.1 Å². The highest BCUT2D eigenvalue weighted by molar-refractivity contribution is 6.29. The fourth-order valence-corrected chi connectivity index (χ4v) is 2.30. The maximum atomic E-state index is 12.0. The predicted octanol–water partition coefficient (Wildman–Crippen LogP) is -0.828. The average Bonchev–Trinajstić information content (AvgIpc) is 2.32. The highest BCUT2D eigenvalue weighted by Crippen LogP contribution is 2.09. The third-order valence-corrected chi connectivity index (χ3v) is 3.02. The second-order valence-corrected chi connectivity index (χ2v) is 8.20. The molecule has 10 heteroatoms. The van der Waals surface area contributed by atoms with Crippen LogP contribution in [0.15, 0.2) is 0 Å². The summed E-state index contributed by atoms with van der Waals surface area (Å²) in [6.45, 7) is 0.367. The summed E-state index contributed by atoms with van der Waals surface area (Å²) in [7, 11) is 10.7. The molecule has 0 fully saturated rings. The van der Waals surface area contributed by atoms with Crippen LogP contribution in [0.4, 0.5) is 0 Å². The number of rotatable bonds is 10. The van der Waals surface area contributed by atoms with Crippen molar-refractivity contribution in [2.45, 2.75) is 25.0 Å². The Morgan fingerprint density at radius 2 is 0.962 bits per heavy atom. The van der Waals surface area contributed by atoms with Crippen molar-refractivity contribution >= 4 is 23.9 Å². The van der Waals surface area contributed by atoms with E-state index < -0.39 is 48.9 Å². The van der Waals surface area contributed by atoms with E-state index in [0.717, 1.165) is 0 Å². The van der Waals surface area contributed by atoms with Gasteiger partial charge in [0.15, 0.2) is 12.2 Å². The van der Waals surface area contributed by atoms with Gasteiger partial charge in [0.25, 0.3) is 0 Å². The van der Waals surface area contributed by atoms with Crippen LogP contribution in [0.2, 0.25) is 0 Å². The molecule has 0 aromatic rings. The summed E-state index contributed by atoms with van der Waals surface area (Å²) in [4.78, 5) is 45.8. The summed E-state index contributed by atoms with van der Waals surface area (Å²) in [5, 5.41) is 17.8. The summed E-state index contributed by atoms with van der Waals surface area (Å²) in [5.41, 5.74) is 0. The Bertz CT molecular complexity index is 485. The van der Waals surface area contributed by atoms with Crippen LogP contribution in [0, 0.1) is 0 Å². The molecule has 0 saturated carbocycles. The smallest absolute Gasteiger partial charge is 0.417 e. The molecule has 0 unspecified atom stereocenters. The van der Waals surface area contributed by atoms with Crippen molar-refractivity contribution in [1.29, 1.82) is 0 Å². The second-order valence-electron chi connectivity index (χ2n) is 8.20. The summed E-state index contributed by atoms with van der Waals surface area (Å²) >= 11 is 0. The van der Waals surface area contributed by atoms with Crippen LogP contribution in [-0.4, -0.2) is 111 Å². The zero-order valence-electron chi connectivity index (χ0n) is 16.2. The van der Waals surface area contributed by atoms with Crippen LogP contribution in [0.3, 0.4) is 0 Å². The minimum absolute atomic E-state index is 0.183. The molecular formula is C16H30N2O8+2. The fraction of sp³-hybridized carbons (Fsp3) is 0.750. The number of nitrogens with zero attached hydrogens (tertiary/aromatic N) is 2. The first-order valence-electron chi connectivity index (χ1n) is 8.05. The van der Waals surface area contributed by atoms with Crippen molar-refractivity contribution in [3.05, 3.63) is 0 Å². The maximum Gasteiger partial charge on any atom is 0.417 e. The molecule has 2 N–H and O–H groups in total. The van der Waals surface area contributed by atoms with Crippen LogP contribution in [-0.2, 0) is 28.7 Å². The van der Waals surface area contributed by atoms with Crippen molar-refractivity contribution in [2.75, 3.05) is 55.4 Å². The topological polar surface area (TPSA) is 127 Å². The van der Waals surface area contributed by atoms with Crippen LogP contribution < -0.4 is 0 Å². The standard InChI is InChI=1S/C16H28N2O8/c1-17(2,3)9-11(7-13(19)20)25-15(23)16(24)26-12(8-14(21)22)10-18(4,5)6/h11-12H,7-10H2,1-6H3/p+2/t11-,12-/m1/s1. The van der Waals surface area contributed by atoms with Crippen LogP contribution in [0.5, 0.6) is 0 Å². The summed E-state index contributed by atoms with van der Waals surface area (Å²) in [5.74, 6) is -5.00. The number of quaternary nitrogens is 2. The van der Waals surface area contributed by atoms with E-state index in [0.29, 0.717) is 8.97 Å². The number of esters is 2. The summed E-state index contributed by atoms with van der Waals surface area (Å²) in [6.07, 6.45) is -2.93. The van der Waals surface area contributed by atoms with Gasteiger partial charge in [0.1, 0.15) is 13.1 Å². The van der Waals surface area contributed by atoms with Gasteiger partial charge in [-0.3, -0.25) is 9.59 Å². The predicted molar refractivity (Wildman–Crippen MR) is 90.1 cm³/mol. The van der Waals surface area contributed by atoms with E-state index >= 15 is 0 Å². The minimum Gasteiger partial charge on any atom is -0.481 e. The molecule has 26 heavy (non-hydrogen) atoms. The van der Waals surface area contributed by atoms with Crippen LogP contribution in [0.25, 0.3) is 0 Å². The Labute approximate surface area is 153 Å². The van der Waals surface area contributed by atoms with Crippen molar-refractivity contribution in [2.24, 2.45) is 0 Å². The van der Waals surface area contributed by atoms with Gasteiger partial charge in [0.2, 0.25) is 0 Å². The van der Waals surface area contributed by atoms with Gasteiger partial charge in [-0.15, -0.1) is 0 Å². The van der Waals surface area contributed by atoms with Crippen molar-refractivity contribution in [3.63, 3.8) is 0 Å². The summed E-state index contributed by atoms with van der Waals surface area (Å²) < 4.78 is 10.6. The number of carbonyl (C=O) groups is 4. The zero-order chi connectivity index (χ0) is 20.7. The Morgan fingerprint density at radius 3 is 1.15 bits per heavy atom. The van der Waals surface area contributed by atoms with Crippen molar-refractivity contribution < 1.29 is 47.8 Å². The lowest BCUT2D eigenvalue weighted by Gasteiger charge is -2.29. The first-order chi connectivity index (χ1) is 11.6. The second kappa shape index (κ2) is 9.48. The number of hydrogen-bond acceptors (Lipinski definition) is 6. The third kappa shape index (κ3) is 12.2. The van der Waals surface area contributed by atoms with E-state index in [9.17, 15) is 19.2 Å². The molecule has 10 nitrogen and oxygen atoms in total. The average molecular weight is 378 g/mol. The lowest BCUT2D eigenvalue weighted by atomic mass is 10.2. The van der Waals surface area contributed by atoms with Gasteiger partial charge < -0.3 is 28.7 Å². The molecule has 0 heterocycles. The molecule has 2 atom stereocenters. The molecule has 0 aliphatic heterocycles. The van der Waals surface area contributed by atoms with Gasteiger partial charge in [-0.1, -0.05) is 0 Å². The van der Waals surface area contributed by atoms with Gasteiger partial charge in [-0.25, -0.2) is 9.59 Å². The Hall–Kier alpha value is -2.20. The quantitative estimate of drug-likeness (QED) is 0.287. The van der Waals surface area contributed by atoms with E-state index in [1.54, 1.807) is 42.3 Å². The van der Waals surface area contributed by atoms with E-state index in [-0.39, 0.29) is 13.1 Å². The highest BCUT2D eigenvalue weighted by Gasteiger charge is 2.32. The number of likely N-dealkylation sites (N-methyl/N-ethyl adjacent to an activating group) is 2. The van der Waals surface area contributed by atoms with E-state index in [1.807, 2.05) is 0 Å². The Morgan fingerprint density at radius 1 is 0.692 bits per heavy atom. The first-order valence-corrected chi connectivity index (χ1v) is 8.05. The van der Waals surface area contributed by atoms with Crippen molar-refractivity contribution in [3.8, 4) is 0 Å².